The van der Waals surface area contributed by atoms with Gasteiger partial charge < -0.3 is 14.7 Å². The van der Waals surface area contributed by atoms with Gasteiger partial charge in [0.25, 0.3) is 0 Å². The van der Waals surface area contributed by atoms with Crippen LogP contribution in [0.4, 0.5) is 0 Å². The molecule has 110 valence electrons. The molecule has 0 radical (unpaired) electrons. The maximum atomic E-state index is 6.00. The molecule has 0 aliphatic heterocycles. The lowest BCUT2D eigenvalue weighted by molar-refractivity contribution is 0.367. The average molecular weight is 322 g/mol. The van der Waals surface area contributed by atoms with Crippen molar-refractivity contribution in [3.05, 3.63) is 41.0 Å². The minimum atomic E-state index is 0.524. The Morgan fingerprint density at radius 3 is 2.95 bits per heavy atom. The molecule has 21 heavy (non-hydrogen) atoms. The van der Waals surface area contributed by atoms with Gasteiger partial charge in [0.1, 0.15) is 5.69 Å². The van der Waals surface area contributed by atoms with Crippen LogP contribution in [0.3, 0.4) is 0 Å². The highest BCUT2D eigenvalue weighted by atomic mass is 35.5. The molecule has 1 fully saturated rings. The average Bonchev–Trinajstić information content (AvgIpc) is 3.22. The molecule has 1 aromatic heterocycles. The predicted octanol–water partition coefficient (Wildman–Crippen LogP) is 3.46. The van der Waals surface area contributed by atoms with Crippen molar-refractivity contribution in [3.8, 4) is 11.3 Å². The Kier molecular flexibility index (Phi) is 4.12. The van der Waals surface area contributed by atoms with Crippen LogP contribution in [-0.2, 0) is 6.54 Å². The summed E-state index contributed by atoms with van der Waals surface area (Å²) in [5.41, 5.74) is 1.80. The maximum Gasteiger partial charge on any atom is 0.169 e. The van der Waals surface area contributed by atoms with Crippen molar-refractivity contribution >= 4 is 28.9 Å². The van der Waals surface area contributed by atoms with E-state index in [1.807, 2.05) is 37.4 Å². The number of rotatable bonds is 4. The number of benzene rings is 1. The molecule has 4 nitrogen and oxygen atoms in total. The first kappa shape index (κ1) is 14.4. The van der Waals surface area contributed by atoms with Crippen molar-refractivity contribution in [2.45, 2.75) is 25.4 Å². The summed E-state index contributed by atoms with van der Waals surface area (Å²) in [4.78, 5) is 2.16. The van der Waals surface area contributed by atoms with Gasteiger partial charge in [0.2, 0.25) is 0 Å². The summed E-state index contributed by atoms with van der Waals surface area (Å²) < 4.78 is 5.42. The summed E-state index contributed by atoms with van der Waals surface area (Å²) >= 11 is 11.3. The van der Waals surface area contributed by atoms with E-state index in [9.17, 15) is 0 Å². The number of aromatic nitrogens is 1. The Morgan fingerprint density at radius 2 is 2.29 bits per heavy atom. The molecule has 0 spiro atoms. The first-order valence-corrected chi connectivity index (χ1v) is 7.66. The molecular weight excluding hydrogens is 306 g/mol. The Balaban J connectivity index is 1.77. The second-order valence-corrected chi connectivity index (χ2v) is 5.93. The van der Waals surface area contributed by atoms with Crippen LogP contribution >= 0.6 is 23.8 Å². The molecule has 0 bridgehead atoms. The highest BCUT2D eigenvalue weighted by Crippen LogP contribution is 2.29. The topological polar surface area (TPSA) is 41.3 Å². The minimum absolute atomic E-state index is 0.524. The van der Waals surface area contributed by atoms with E-state index in [-0.39, 0.29) is 0 Å². The van der Waals surface area contributed by atoms with E-state index in [2.05, 4.69) is 15.4 Å². The molecule has 1 aromatic carbocycles. The van der Waals surface area contributed by atoms with Crippen LogP contribution in [0.1, 0.15) is 18.5 Å². The van der Waals surface area contributed by atoms with E-state index in [0.717, 1.165) is 22.1 Å². The van der Waals surface area contributed by atoms with E-state index in [0.29, 0.717) is 17.6 Å². The van der Waals surface area contributed by atoms with Crippen molar-refractivity contribution < 1.29 is 4.52 Å². The molecule has 1 heterocycles. The fourth-order valence-electron chi connectivity index (χ4n) is 2.24. The quantitative estimate of drug-likeness (QED) is 0.873. The lowest BCUT2D eigenvalue weighted by atomic mass is 10.1. The van der Waals surface area contributed by atoms with Gasteiger partial charge in [-0.2, -0.15) is 0 Å². The molecule has 1 N–H and O–H groups in total. The van der Waals surface area contributed by atoms with Gasteiger partial charge in [-0.25, -0.2) is 0 Å². The number of hydrogen-bond acceptors (Lipinski definition) is 3. The third-order valence-electron chi connectivity index (χ3n) is 3.46. The van der Waals surface area contributed by atoms with E-state index >= 15 is 0 Å². The van der Waals surface area contributed by atoms with Crippen molar-refractivity contribution in [1.29, 1.82) is 0 Å². The van der Waals surface area contributed by atoms with Crippen molar-refractivity contribution in [2.24, 2.45) is 0 Å². The molecule has 0 unspecified atom stereocenters. The second-order valence-electron chi connectivity index (χ2n) is 5.11. The third-order valence-corrected chi connectivity index (χ3v) is 4.14. The third kappa shape index (κ3) is 3.36. The largest absolute Gasteiger partial charge is 0.366 e. The number of nitrogens with zero attached hydrogens (tertiary/aromatic N) is 2. The summed E-state index contributed by atoms with van der Waals surface area (Å²) in [6.45, 7) is 0.661. The van der Waals surface area contributed by atoms with Crippen LogP contribution in [0.5, 0.6) is 0 Å². The van der Waals surface area contributed by atoms with Crippen molar-refractivity contribution in [2.75, 3.05) is 7.05 Å². The number of nitrogens with one attached hydrogen (secondary N) is 1. The number of halogens is 1. The normalized spacial score (nSPS) is 14.0. The van der Waals surface area contributed by atoms with Crippen LogP contribution < -0.4 is 5.32 Å². The zero-order valence-electron chi connectivity index (χ0n) is 11.7. The lowest BCUT2D eigenvalue weighted by Gasteiger charge is -2.23. The fourth-order valence-corrected chi connectivity index (χ4v) is 2.64. The van der Waals surface area contributed by atoms with Gasteiger partial charge >= 0.3 is 0 Å². The van der Waals surface area contributed by atoms with Crippen molar-refractivity contribution in [1.82, 2.24) is 15.4 Å². The number of thiocarbonyl (C=S) groups is 1. The number of hydrogen-bond donors (Lipinski definition) is 1. The van der Waals surface area contributed by atoms with E-state index in [1.165, 1.54) is 12.8 Å². The molecule has 1 aliphatic carbocycles. The van der Waals surface area contributed by atoms with E-state index < -0.39 is 0 Å². The lowest BCUT2D eigenvalue weighted by Crippen LogP contribution is -2.38. The highest BCUT2D eigenvalue weighted by molar-refractivity contribution is 7.80. The zero-order chi connectivity index (χ0) is 14.8. The van der Waals surface area contributed by atoms with Gasteiger partial charge in [-0.05, 0) is 37.2 Å². The zero-order valence-corrected chi connectivity index (χ0v) is 13.2. The van der Waals surface area contributed by atoms with Gasteiger partial charge in [-0.15, -0.1) is 0 Å². The molecule has 0 amide bonds. The smallest absolute Gasteiger partial charge is 0.169 e. The predicted molar refractivity (Wildman–Crippen MR) is 87.2 cm³/mol. The molecule has 2 aromatic rings. The Morgan fingerprint density at radius 1 is 1.48 bits per heavy atom. The Bertz CT molecular complexity index is 654. The van der Waals surface area contributed by atoms with Crippen LogP contribution in [0.25, 0.3) is 11.3 Å². The van der Waals surface area contributed by atoms with Gasteiger partial charge in [0, 0.05) is 29.7 Å². The molecule has 0 atom stereocenters. The van der Waals surface area contributed by atoms with Crippen LogP contribution in [-0.4, -0.2) is 28.3 Å². The standard InChI is InChI=1S/C15H16ClN3OS/c1-17-15(21)19(13-5-6-13)9-12-8-14(20-18-12)10-3-2-4-11(16)7-10/h2-4,7-8,13H,5-6,9H2,1H3,(H,17,21). The molecule has 0 saturated heterocycles. The van der Waals surface area contributed by atoms with Gasteiger partial charge in [0.05, 0.1) is 6.54 Å². The van der Waals surface area contributed by atoms with Gasteiger partial charge in [0.15, 0.2) is 10.9 Å². The first-order valence-electron chi connectivity index (χ1n) is 6.87. The molecular formula is C15H16ClN3OS. The van der Waals surface area contributed by atoms with E-state index in [4.69, 9.17) is 28.3 Å². The van der Waals surface area contributed by atoms with Crippen LogP contribution in [0.15, 0.2) is 34.9 Å². The van der Waals surface area contributed by atoms with Crippen molar-refractivity contribution in [3.63, 3.8) is 0 Å². The molecule has 3 rings (SSSR count). The van der Waals surface area contributed by atoms with Gasteiger partial charge in [-0.3, -0.25) is 0 Å². The summed E-state index contributed by atoms with van der Waals surface area (Å²) in [5.74, 6) is 0.721. The highest BCUT2D eigenvalue weighted by Gasteiger charge is 2.31. The molecule has 1 aliphatic rings. The summed E-state index contributed by atoms with van der Waals surface area (Å²) in [7, 11) is 1.85. The molecule has 1 saturated carbocycles. The monoisotopic (exact) mass is 321 g/mol. The second kappa shape index (κ2) is 6.03. The maximum absolute atomic E-state index is 6.00. The molecule has 6 heteroatoms. The SMILES string of the molecule is CNC(=S)N(Cc1cc(-c2cccc(Cl)c2)on1)C1CC1. The summed E-state index contributed by atoms with van der Waals surface area (Å²) in [5, 5.41) is 8.61. The first-order chi connectivity index (χ1) is 10.2. The van der Waals surface area contributed by atoms with Gasteiger partial charge in [-0.1, -0.05) is 28.9 Å². The van der Waals surface area contributed by atoms with E-state index in [1.54, 1.807) is 0 Å². The Labute approximate surface area is 134 Å². The Hall–Kier alpha value is -1.59. The summed E-state index contributed by atoms with van der Waals surface area (Å²) in [6.07, 6.45) is 2.36. The fraction of sp³-hybridized carbons (Fsp3) is 0.333. The minimum Gasteiger partial charge on any atom is -0.366 e. The summed E-state index contributed by atoms with van der Waals surface area (Å²) in [6, 6.07) is 10.0. The van der Waals surface area contributed by atoms with Crippen LogP contribution in [0.2, 0.25) is 5.02 Å². The van der Waals surface area contributed by atoms with Crippen LogP contribution in [0, 0.1) is 0 Å².